The number of nitrogens with one attached hydrogen (secondary N) is 1. The lowest BCUT2D eigenvalue weighted by Gasteiger charge is -2.09. The lowest BCUT2D eigenvalue weighted by molar-refractivity contribution is 0.0600. The number of halogens is 1. The zero-order chi connectivity index (χ0) is 25.2. The maximum Gasteiger partial charge on any atom is 0.337 e. The molecule has 1 aromatic heterocycles. The topological polar surface area (TPSA) is 107 Å². The summed E-state index contributed by atoms with van der Waals surface area (Å²) in [5.41, 5.74) is 1.68. The van der Waals surface area contributed by atoms with Crippen LogP contribution in [0.2, 0.25) is 5.02 Å². The molecule has 0 unspecified atom stereocenters. The van der Waals surface area contributed by atoms with Gasteiger partial charge in [0.2, 0.25) is 0 Å². The number of anilines is 1. The van der Waals surface area contributed by atoms with Crippen molar-refractivity contribution in [1.29, 1.82) is 0 Å². The van der Waals surface area contributed by atoms with Gasteiger partial charge in [-0.05, 0) is 67.6 Å². The van der Waals surface area contributed by atoms with Gasteiger partial charge in [-0.2, -0.15) is 4.99 Å². The molecule has 35 heavy (non-hydrogen) atoms. The second-order valence-corrected chi connectivity index (χ2v) is 10.5. The van der Waals surface area contributed by atoms with E-state index in [9.17, 15) is 18.0 Å². The van der Waals surface area contributed by atoms with Crippen molar-refractivity contribution < 1.29 is 22.7 Å². The number of thiazole rings is 1. The van der Waals surface area contributed by atoms with E-state index in [1.54, 1.807) is 36.4 Å². The monoisotopic (exact) mass is 529 g/mol. The number of hydrogen-bond acceptors (Lipinski definition) is 6. The standard InChI is InChI=1S/C24H20ClN3O5S2/c1-3-28-20-12-7-16(23(30)33-2)14-21(20)34-24(28)26-22(29)15-5-4-6-18(13-15)27-35(31,32)19-10-8-17(25)9-11-19/h4-14,27H,3H2,1-2H3. The van der Waals surface area contributed by atoms with Crippen molar-refractivity contribution in [3.63, 3.8) is 0 Å². The van der Waals surface area contributed by atoms with Crippen molar-refractivity contribution in [2.75, 3.05) is 11.8 Å². The lowest BCUT2D eigenvalue weighted by Crippen LogP contribution is -2.16. The van der Waals surface area contributed by atoms with Crippen LogP contribution >= 0.6 is 22.9 Å². The molecular weight excluding hydrogens is 510 g/mol. The number of carbonyl (C=O) groups excluding carboxylic acids is 2. The first-order chi connectivity index (χ1) is 16.7. The summed E-state index contributed by atoms with van der Waals surface area (Å²) in [4.78, 5) is 29.6. The quantitative estimate of drug-likeness (QED) is 0.364. The first-order valence-corrected chi connectivity index (χ1v) is 13.1. The number of ether oxygens (including phenoxy) is 1. The number of sulfonamides is 1. The molecule has 1 N–H and O–H groups in total. The van der Waals surface area contributed by atoms with Crippen LogP contribution in [0.15, 0.2) is 76.6 Å². The number of aromatic nitrogens is 1. The molecule has 0 radical (unpaired) electrons. The highest BCUT2D eigenvalue weighted by atomic mass is 35.5. The Kier molecular flexibility index (Phi) is 7.06. The molecule has 0 aliphatic heterocycles. The second kappa shape index (κ2) is 10.0. The Bertz CT molecular complexity index is 1610. The number of amides is 1. The van der Waals surface area contributed by atoms with E-state index in [1.807, 2.05) is 11.5 Å². The van der Waals surface area contributed by atoms with Crippen LogP contribution in [0, 0.1) is 0 Å². The number of nitrogens with zero attached hydrogens (tertiary/aromatic N) is 2. The fraction of sp³-hybridized carbons (Fsp3) is 0.125. The van der Waals surface area contributed by atoms with Gasteiger partial charge in [0.15, 0.2) is 4.80 Å². The zero-order valence-corrected chi connectivity index (χ0v) is 21.1. The van der Waals surface area contributed by atoms with E-state index in [1.165, 1.54) is 48.8 Å². The molecule has 0 atom stereocenters. The summed E-state index contributed by atoms with van der Waals surface area (Å²) >= 11 is 7.11. The minimum atomic E-state index is -3.86. The van der Waals surface area contributed by atoms with Gasteiger partial charge >= 0.3 is 5.97 Å². The van der Waals surface area contributed by atoms with E-state index in [0.717, 1.165) is 10.2 Å². The lowest BCUT2D eigenvalue weighted by atomic mass is 10.2. The molecule has 8 nitrogen and oxygen atoms in total. The van der Waals surface area contributed by atoms with Gasteiger partial charge in [-0.1, -0.05) is 29.0 Å². The molecule has 1 amide bonds. The van der Waals surface area contributed by atoms with Crippen LogP contribution in [0.4, 0.5) is 5.69 Å². The number of benzene rings is 3. The van der Waals surface area contributed by atoms with Gasteiger partial charge in [0.05, 0.1) is 27.8 Å². The Balaban J connectivity index is 1.66. The van der Waals surface area contributed by atoms with Gasteiger partial charge in [-0.3, -0.25) is 9.52 Å². The summed E-state index contributed by atoms with van der Waals surface area (Å²) in [6.45, 7) is 2.49. The fourth-order valence-electron chi connectivity index (χ4n) is 3.40. The minimum absolute atomic E-state index is 0.0453. The Morgan fingerprint density at radius 1 is 1.06 bits per heavy atom. The summed E-state index contributed by atoms with van der Waals surface area (Å²) in [7, 11) is -2.55. The third-order valence-electron chi connectivity index (χ3n) is 5.10. The van der Waals surface area contributed by atoms with Crippen LogP contribution in [0.5, 0.6) is 0 Å². The van der Waals surface area contributed by atoms with Gasteiger partial charge in [-0.15, -0.1) is 0 Å². The molecular formula is C24H20ClN3O5S2. The second-order valence-electron chi connectivity index (χ2n) is 7.36. The number of hydrogen-bond donors (Lipinski definition) is 1. The highest BCUT2D eigenvalue weighted by Crippen LogP contribution is 2.21. The molecule has 0 bridgehead atoms. The van der Waals surface area contributed by atoms with Crippen LogP contribution in [0.1, 0.15) is 27.6 Å². The average molecular weight is 530 g/mol. The van der Waals surface area contributed by atoms with Crippen molar-refractivity contribution >= 4 is 60.7 Å². The SMILES string of the molecule is CCn1c(=NC(=O)c2cccc(NS(=O)(=O)c3ccc(Cl)cc3)c2)sc2cc(C(=O)OC)ccc21. The molecule has 0 saturated heterocycles. The number of rotatable bonds is 6. The summed E-state index contributed by atoms with van der Waals surface area (Å²) in [5.74, 6) is -0.977. The predicted octanol–water partition coefficient (Wildman–Crippen LogP) is 4.70. The van der Waals surface area contributed by atoms with Gasteiger partial charge in [0, 0.05) is 22.8 Å². The number of fused-ring (bicyclic) bond motifs is 1. The predicted molar refractivity (Wildman–Crippen MR) is 135 cm³/mol. The van der Waals surface area contributed by atoms with Gasteiger partial charge in [-0.25, -0.2) is 13.2 Å². The molecule has 0 aliphatic carbocycles. The van der Waals surface area contributed by atoms with Crippen LogP contribution in [-0.4, -0.2) is 32.0 Å². The third kappa shape index (κ3) is 5.29. The first-order valence-electron chi connectivity index (χ1n) is 10.4. The van der Waals surface area contributed by atoms with E-state index >= 15 is 0 Å². The van der Waals surface area contributed by atoms with Crippen LogP contribution in [-0.2, 0) is 21.3 Å². The van der Waals surface area contributed by atoms with E-state index in [2.05, 4.69) is 9.71 Å². The Hall–Kier alpha value is -3.47. The smallest absolute Gasteiger partial charge is 0.337 e. The maximum atomic E-state index is 13.0. The molecule has 0 saturated carbocycles. The molecule has 0 fully saturated rings. The molecule has 180 valence electrons. The Morgan fingerprint density at radius 3 is 2.49 bits per heavy atom. The molecule has 0 spiro atoms. The molecule has 4 rings (SSSR count). The van der Waals surface area contributed by atoms with E-state index < -0.39 is 21.9 Å². The number of methoxy groups -OCH3 is 1. The van der Waals surface area contributed by atoms with Crippen molar-refractivity contribution in [1.82, 2.24) is 4.57 Å². The van der Waals surface area contributed by atoms with Gasteiger partial charge in [0.25, 0.3) is 15.9 Å². The van der Waals surface area contributed by atoms with E-state index in [0.29, 0.717) is 21.9 Å². The highest BCUT2D eigenvalue weighted by Gasteiger charge is 2.16. The summed E-state index contributed by atoms with van der Waals surface area (Å²) < 4.78 is 35.2. The number of esters is 1. The Morgan fingerprint density at radius 2 is 1.80 bits per heavy atom. The average Bonchev–Trinajstić information content (AvgIpc) is 3.19. The third-order valence-corrected chi connectivity index (χ3v) is 7.79. The largest absolute Gasteiger partial charge is 0.465 e. The zero-order valence-electron chi connectivity index (χ0n) is 18.7. The number of aryl methyl sites for hydroxylation is 1. The molecule has 1 heterocycles. The van der Waals surface area contributed by atoms with Gasteiger partial charge in [0.1, 0.15) is 0 Å². The summed E-state index contributed by atoms with van der Waals surface area (Å²) in [6.07, 6.45) is 0. The molecule has 0 aliphatic rings. The van der Waals surface area contributed by atoms with Crippen molar-refractivity contribution in [2.45, 2.75) is 18.4 Å². The Labute approximate surface area is 210 Å². The van der Waals surface area contributed by atoms with E-state index in [-0.39, 0.29) is 16.1 Å². The first kappa shape index (κ1) is 24.6. The van der Waals surface area contributed by atoms with Crippen molar-refractivity contribution in [3.05, 3.63) is 87.7 Å². The fourth-order valence-corrected chi connectivity index (χ4v) is 5.71. The van der Waals surface area contributed by atoms with Gasteiger partial charge < -0.3 is 9.30 Å². The van der Waals surface area contributed by atoms with Crippen molar-refractivity contribution in [3.8, 4) is 0 Å². The van der Waals surface area contributed by atoms with Crippen LogP contribution in [0.25, 0.3) is 10.2 Å². The number of carbonyl (C=O) groups is 2. The maximum absolute atomic E-state index is 13.0. The molecule has 3 aromatic carbocycles. The normalized spacial score (nSPS) is 12.0. The molecule has 4 aromatic rings. The van der Waals surface area contributed by atoms with E-state index in [4.69, 9.17) is 16.3 Å². The minimum Gasteiger partial charge on any atom is -0.465 e. The molecule has 11 heteroatoms. The highest BCUT2D eigenvalue weighted by molar-refractivity contribution is 7.92. The summed E-state index contributed by atoms with van der Waals surface area (Å²) in [5, 5.41) is 0.422. The van der Waals surface area contributed by atoms with Crippen LogP contribution in [0.3, 0.4) is 0 Å². The van der Waals surface area contributed by atoms with Crippen LogP contribution < -0.4 is 9.52 Å². The summed E-state index contributed by atoms with van der Waals surface area (Å²) in [6, 6.07) is 17.0. The van der Waals surface area contributed by atoms with Crippen molar-refractivity contribution in [2.24, 2.45) is 4.99 Å².